The molecule has 6 nitrogen and oxygen atoms in total. The minimum Gasteiger partial charge on any atom is -0.363 e. The summed E-state index contributed by atoms with van der Waals surface area (Å²) in [5.74, 6) is 0.549. The number of carbonyl (C=O) groups excluding carboxylic acids is 1. The van der Waals surface area contributed by atoms with E-state index in [0.717, 1.165) is 12.2 Å². The van der Waals surface area contributed by atoms with Crippen LogP contribution in [0.5, 0.6) is 0 Å². The Labute approximate surface area is 152 Å². The maximum atomic E-state index is 12.8. The molecule has 6 heteroatoms. The van der Waals surface area contributed by atoms with Gasteiger partial charge in [0.2, 0.25) is 0 Å². The molecular formula is C20H21N5O. The van der Waals surface area contributed by atoms with Crippen LogP contribution in [0.3, 0.4) is 0 Å². The van der Waals surface area contributed by atoms with E-state index >= 15 is 0 Å². The zero-order valence-corrected chi connectivity index (χ0v) is 14.8. The number of hydrogen-bond acceptors (Lipinski definition) is 4. The number of anilines is 2. The maximum Gasteiger partial charge on any atom is 0.261 e. The van der Waals surface area contributed by atoms with Crippen LogP contribution in [0.25, 0.3) is 0 Å². The summed E-state index contributed by atoms with van der Waals surface area (Å²) in [5, 5.41) is 10.9. The highest BCUT2D eigenvalue weighted by molar-refractivity contribution is 6.07. The molecule has 0 saturated heterocycles. The summed E-state index contributed by atoms with van der Waals surface area (Å²) in [6.07, 6.45) is 5.81. The molecule has 0 spiro atoms. The van der Waals surface area contributed by atoms with Gasteiger partial charge in [0, 0.05) is 6.20 Å². The summed E-state index contributed by atoms with van der Waals surface area (Å²) in [5.41, 5.74) is 2.19. The topological polar surface area (TPSA) is 71.8 Å². The van der Waals surface area contributed by atoms with Gasteiger partial charge in [-0.15, -0.1) is 0 Å². The van der Waals surface area contributed by atoms with Crippen LogP contribution in [0.1, 0.15) is 42.2 Å². The molecule has 0 bridgehead atoms. The fourth-order valence-electron chi connectivity index (χ4n) is 3.44. The maximum absolute atomic E-state index is 12.8. The van der Waals surface area contributed by atoms with Crippen LogP contribution in [0.15, 0.2) is 61.1 Å². The lowest BCUT2D eigenvalue weighted by atomic mass is 9.89. The van der Waals surface area contributed by atoms with E-state index in [1.165, 1.54) is 5.56 Å². The lowest BCUT2D eigenvalue weighted by Crippen LogP contribution is -2.38. The fourth-order valence-corrected chi connectivity index (χ4v) is 3.44. The molecule has 2 N–H and O–H groups in total. The van der Waals surface area contributed by atoms with E-state index in [4.69, 9.17) is 0 Å². The van der Waals surface area contributed by atoms with Gasteiger partial charge < -0.3 is 10.6 Å². The molecule has 2 aromatic heterocycles. The Morgan fingerprint density at radius 3 is 2.73 bits per heavy atom. The number of rotatable bonds is 3. The van der Waals surface area contributed by atoms with Crippen molar-refractivity contribution in [1.82, 2.24) is 14.8 Å². The van der Waals surface area contributed by atoms with Crippen LogP contribution in [0.2, 0.25) is 0 Å². The zero-order valence-electron chi connectivity index (χ0n) is 14.8. The first-order valence-electron chi connectivity index (χ1n) is 8.66. The van der Waals surface area contributed by atoms with Crippen molar-refractivity contribution in [2.24, 2.45) is 0 Å². The third-order valence-electron chi connectivity index (χ3n) is 4.72. The number of nitrogens with zero attached hydrogens (tertiary/aromatic N) is 3. The van der Waals surface area contributed by atoms with E-state index in [2.05, 4.69) is 46.7 Å². The third-order valence-corrected chi connectivity index (χ3v) is 4.72. The van der Waals surface area contributed by atoms with Gasteiger partial charge >= 0.3 is 0 Å². The Bertz CT molecular complexity index is 918. The van der Waals surface area contributed by atoms with Crippen LogP contribution < -0.4 is 10.6 Å². The van der Waals surface area contributed by atoms with Crippen molar-refractivity contribution in [2.45, 2.75) is 31.8 Å². The number of benzene rings is 1. The van der Waals surface area contributed by atoms with E-state index in [0.29, 0.717) is 11.3 Å². The molecule has 1 atom stereocenters. The number of aromatic nitrogens is 3. The van der Waals surface area contributed by atoms with Gasteiger partial charge in [-0.3, -0.25) is 9.78 Å². The summed E-state index contributed by atoms with van der Waals surface area (Å²) >= 11 is 0. The second-order valence-electron chi connectivity index (χ2n) is 7.14. The quantitative estimate of drug-likeness (QED) is 0.755. The molecule has 0 radical (unpaired) electrons. The van der Waals surface area contributed by atoms with Gasteiger partial charge in [0.15, 0.2) is 0 Å². The summed E-state index contributed by atoms with van der Waals surface area (Å²) < 4.78 is 1.91. The van der Waals surface area contributed by atoms with E-state index < -0.39 is 0 Å². The number of pyridine rings is 1. The molecule has 132 valence electrons. The lowest BCUT2D eigenvalue weighted by Gasteiger charge is -2.38. The van der Waals surface area contributed by atoms with E-state index in [9.17, 15) is 4.79 Å². The fraction of sp³-hybridized carbons (Fsp3) is 0.250. The van der Waals surface area contributed by atoms with Crippen molar-refractivity contribution in [3.63, 3.8) is 0 Å². The molecule has 1 aliphatic rings. The molecular weight excluding hydrogens is 326 g/mol. The Hall–Kier alpha value is -3.15. The van der Waals surface area contributed by atoms with Gasteiger partial charge in [-0.1, -0.05) is 30.3 Å². The van der Waals surface area contributed by atoms with Gasteiger partial charge in [-0.05, 0) is 38.0 Å². The van der Waals surface area contributed by atoms with Crippen molar-refractivity contribution in [3.05, 3.63) is 72.2 Å². The monoisotopic (exact) mass is 347 g/mol. The van der Waals surface area contributed by atoms with Crippen molar-refractivity contribution in [2.75, 3.05) is 10.6 Å². The van der Waals surface area contributed by atoms with Crippen molar-refractivity contribution >= 4 is 17.4 Å². The van der Waals surface area contributed by atoms with Crippen LogP contribution in [-0.4, -0.2) is 20.7 Å². The number of nitrogens with one attached hydrogen (secondary N) is 2. The minimum absolute atomic E-state index is 0.125. The zero-order chi connectivity index (χ0) is 18.1. The molecule has 1 aromatic carbocycles. The minimum atomic E-state index is -0.200. The number of carbonyl (C=O) groups is 1. The summed E-state index contributed by atoms with van der Waals surface area (Å²) in [6.45, 7) is 4.28. The largest absolute Gasteiger partial charge is 0.363 e. The first kappa shape index (κ1) is 16.3. The van der Waals surface area contributed by atoms with E-state index in [1.807, 2.05) is 28.9 Å². The highest BCUT2D eigenvalue weighted by atomic mass is 16.1. The summed E-state index contributed by atoms with van der Waals surface area (Å²) in [4.78, 5) is 16.8. The number of amides is 1. The van der Waals surface area contributed by atoms with Crippen LogP contribution in [-0.2, 0) is 5.54 Å². The molecule has 1 amide bonds. The van der Waals surface area contributed by atoms with E-state index in [1.54, 1.807) is 24.7 Å². The lowest BCUT2D eigenvalue weighted by molar-refractivity contribution is 0.102. The van der Waals surface area contributed by atoms with Gasteiger partial charge in [-0.25, -0.2) is 4.68 Å². The average Bonchev–Trinajstić information content (AvgIpc) is 3.08. The third kappa shape index (κ3) is 2.94. The van der Waals surface area contributed by atoms with Gasteiger partial charge in [0.1, 0.15) is 11.4 Å². The van der Waals surface area contributed by atoms with Gasteiger partial charge in [-0.2, -0.15) is 5.10 Å². The molecule has 3 heterocycles. The van der Waals surface area contributed by atoms with Crippen molar-refractivity contribution in [3.8, 4) is 0 Å². The molecule has 0 fully saturated rings. The molecule has 1 aliphatic heterocycles. The second-order valence-corrected chi connectivity index (χ2v) is 7.14. The molecule has 3 aromatic rings. The van der Waals surface area contributed by atoms with Gasteiger partial charge in [0.05, 0.1) is 29.7 Å². The predicted octanol–water partition coefficient (Wildman–Crippen LogP) is 3.82. The first-order chi connectivity index (χ1) is 12.5. The predicted molar refractivity (Wildman–Crippen MR) is 101 cm³/mol. The SMILES string of the molecule is CC1(C)CC(c2ccccc2)Nc2c(C(=O)Nc3cccnc3)cnn21. The normalized spacial score (nSPS) is 17.8. The molecule has 1 unspecified atom stereocenters. The second kappa shape index (κ2) is 6.29. The van der Waals surface area contributed by atoms with Gasteiger partial charge in [0.25, 0.3) is 5.91 Å². The van der Waals surface area contributed by atoms with Crippen molar-refractivity contribution < 1.29 is 4.79 Å². The smallest absolute Gasteiger partial charge is 0.261 e. The summed E-state index contributed by atoms with van der Waals surface area (Å²) in [7, 11) is 0. The van der Waals surface area contributed by atoms with Crippen LogP contribution >= 0.6 is 0 Å². The van der Waals surface area contributed by atoms with Crippen LogP contribution in [0.4, 0.5) is 11.5 Å². The van der Waals surface area contributed by atoms with Crippen LogP contribution in [0, 0.1) is 0 Å². The van der Waals surface area contributed by atoms with E-state index in [-0.39, 0.29) is 17.5 Å². The standard InChI is InChI=1S/C20H21N5O/c1-20(2)11-17(14-7-4-3-5-8-14)24-18-16(13-22-25(18)20)19(26)23-15-9-6-10-21-12-15/h3-10,12-13,17,24H,11H2,1-2H3,(H,23,26). The number of hydrogen-bond donors (Lipinski definition) is 2. The Kier molecular flexibility index (Phi) is 3.95. The number of fused-ring (bicyclic) bond motifs is 1. The van der Waals surface area contributed by atoms with Crippen molar-refractivity contribution in [1.29, 1.82) is 0 Å². The molecule has 26 heavy (non-hydrogen) atoms. The Morgan fingerprint density at radius 1 is 1.19 bits per heavy atom. The summed E-state index contributed by atoms with van der Waals surface area (Å²) in [6, 6.07) is 14.0. The Balaban J connectivity index is 1.67. The highest BCUT2D eigenvalue weighted by Gasteiger charge is 2.36. The average molecular weight is 347 g/mol. The molecule has 4 rings (SSSR count). The highest BCUT2D eigenvalue weighted by Crippen LogP contribution is 2.39. The molecule has 0 saturated carbocycles. The first-order valence-corrected chi connectivity index (χ1v) is 8.66. The Morgan fingerprint density at radius 2 is 2.00 bits per heavy atom. The molecule has 0 aliphatic carbocycles.